The maximum Gasteiger partial charge on any atom is 0.175 e. The summed E-state index contributed by atoms with van der Waals surface area (Å²) in [6.07, 6.45) is 12.8. The first-order valence-corrected chi connectivity index (χ1v) is 8.82. The van der Waals surface area contributed by atoms with E-state index >= 15 is 0 Å². The lowest BCUT2D eigenvalue weighted by Crippen LogP contribution is -2.26. The molecule has 4 aromatic heterocycles. The molecular formula is C19H23N7. The SMILES string of the molecule is CC(C)(CCC(C)(C)c1ncnn2ccnc12)c1cnn2cccnc12. The highest BCUT2D eigenvalue weighted by Crippen LogP contribution is 2.37. The molecule has 134 valence electrons. The second-order valence-corrected chi connectivity index (χ2v) is 8.02. The Balaban J connectivity index is 1.62. The monoisotopic (exact) mass is 349 g/mol. The van der Waals surface area contributed by atoms with Crippen molar-refractivity contribution in [3.63, 3.8) is 0 Å². The second kappa shape index (κ2) is 5.86. The van der Waals surface area contributed by atoms with Crippen LogP contribution in [0.5, 0.6) is 0 Å². The van der Waals surface area contributed by atoms with Crippen LogP contribution in [-0.2, 0) is 10.8 Å². The van der Waals surface area contributed by atoms with E-state index in [1.807, 2.05) is 35.4 Å². The average molecular weight is 349 g/mol. The van der Waals surface area contributed by atoms with Gasteiger partial charge in [0.15, 0.2) is 11.3 Å². The minimum absolute atomic E-state index is 0.0495. The number of hydrogen-bond donors (Lipinski definition) is 0. The third kappa shape index (κ3) is 2.73. The number of rotatable bonds is 5. The molecule has 4 aromatic rings. The van der Waals surface area contributed by atoms with Crippen LogP contribution in [0.1, 0.15) is 51.8 Å². The Kier molecular flexibility index (Phi) is 3.75. The molecule has 0 bridgehead atoms. The molecule has 4 heterocycles. The fourth-order valence-corrected chi connectivity index (χ4v) is 3.42. The van der Waals surface area contributed by atoms with E-state index in [2.05, 4.69) is 52.8 Å². The first-order chi connectivity index (χ1) is 12.4. The van der Waals surface area contributed by atoms with Crippen LogP contribution < -0.4 is 0 Å². The van der Waals surface area contributed by atoms with E-state index in [1.54, 1.807) is 17.0 Å². The van der Waals surface area contributed by atoms with Gasteiger partial charge in [-0.3, -0.25) is 0 Å². The Labute approximate surface area is 152 Å². The highest BCUT2D eigenvalue weighted by Gasteiger charge is 2.32. The van der Waals surface area contributed by atoms with Gasteiger partial charge in [-0.2, -0.15) is 10.2 Å². The summed E-state index contributed by atoms with van der Waals surface area (Å²) < 4.78 is 3.62. The predicted molar refractivity (Wildman–Crippen MR) is 99.1 cm³/mol. The zero-order valence-corrected chi connectivity index (χ0v) is 15.6. The van der Waals surface area contributed by atoms with Gasteiger partial charge >= 0.3 is 0 Å². The summed E-state index contributed by atoms with van der Waals surface area (Å²) in [5, 5.41) is 8.66. The Hall–Kier alpha value is -2.83. The Morgan fingerprint density at radius 3 is 2.38 bits per heavy atom. The van der Waals surface area contributed by atoms with Gasteiger partial charge < -0.3 is 0 Å². The summed E-state index contributed by atoms with van der Waals surface area (Å²) in [4.78, 5) is 13.5. The topological polar surface area (TPSA) is 73.3 Å². The van der Waals surface area contributed by atoms with Crippen molar-refractivity contribution < 1.29 is 0 Å². The van der Waals surface area contributed by atoms with Crippen molar-refractivity contribution in [2.75, 3.05) is 0 Å². The molecule has 26 heavy (non-hydrogen) atoms. The van der Waals surface area contributed by atoms with E-state index in [1.165, 1.54) is 5.56 Å². The van der Waals surface area contributed by atoms with E-state index in [9.17, 15) is 0 Å². The lowest BCUT2D eigenvalue weighted by Gasteiger charge is -2.30. The quantitative estimate of drug-likeness (QED) is 0.553. The fraction of sp³-hybridized carbons (Fsp3) is 0.421. The van der Waals surface area contributed by atoms with E-state index < -0.39 is 0 Å². The molecule has 0 fully saturated rings. The molecule has 0 N–H and O–H groups in total. The summed E-state index contributed by atoms with van der Waals surface area (Å²) in [6, 6.07) is 1.89. The number of aromatic nitrogens is 7. The van der Waals surface area contributed by atoms with Crippen LogP contribution in [0.2, 0.25) is 0 Å². The largest absolute Gasteiger partial charge is 0.237 e. The van der Waals surface area contributed by atoms with Crippen molar-refractivity contribution in [2.24, 2.45) is 0 Å². The molecule has 7 heteroatoms. The van der Waals surface area contributed by atoms with Crippen LogP contribution >= 0.6 is 0 Å². The molecule has 0 aliphatic heterocycles. The maximum atomic E-state index is 4.54. The molecule has 0 aliphatic carbocycles. The third-order valence-electron chi connectivity index (χ3n) is 5.22. The van der Waals surface area contributed by atoms with Crippen LogP contribution in [0.4, 0.5) is 0 Å². The number of hydrogen-bond acceptors (Lipinski definition) is 5. The maximum absolute atomic E-state index is 4.54. The summed E-state index contributed by atoms with van der Waals surface area (Å²) in [7, 11) is 0. The molecule has 0 saturated carbocycles. The summed E-state index contributed by atoms with van der Waals surface area (Å²) in [6.45, 7) is 8.93. The van der Waals surface area contributed by atoms with Crippen molar-refractivity contribution in [1.82, 2.24) is 34.2 Å². The van der Waals surface area contributed by atoms with Gasteiger partial charge in [-0.15, -0.1) is 0 Å². The first-order valence-electron chi connectivity index (χ1n) is 8.82. The molecule has 0 unspecified atom stereocenters. The van der Waals surface area contributed by atoms with Crippen molar-refractivity contribution in [3.8, 4) is 0 Å². The molecule has 0 spiro atoms. The van der Waals surface area contributed by atoms with Crippen molar-refractivity contribution in [1.29, 1.82) is 0 Å². The van der Waals surface area contributed by atoms with Gasteiger partial charge in [0, 0.05) is 35.8 Å². The van der Waals surface area contributed by atoms with Gasteiger partial charge in [0.1, 0.15) is 6.33 Å². The van der Waals surface area contributed by atoms with E-state index in [0.29, 0.717) is 0 Å². The first kappa shape index (κ1) is 16.6. The van der Waals surface area contributed by atoms with Gasteiger partial charge in [0.05, 0.1) is 11.9 Å². The lowest BCUT2D eigenvalue weighted by atomic mass is 9.74. The molecule has 0 atom stereocenters. The standard InChI is InChI=1S/C19H23N7/c1-18(2,14-12-23-25-10-5-8-20-16(14)25)6-7-19(3,4)15-17-21-9-11-26(17)24-13-22-15/h5,8-13H,6-7H2,1-4H3. The van der Waals surface area contributed by atoms with Crippen LogP contribution in [0, 0.1) is 0 Å². The third-order valence-corrected chi connectivity index (χ3v) is 5.22. The van der Waals surface area contributed by atoms with E-state index in [0.717, 1.165) is 29.8 Å². The molecule has 0 radical (unpaired) electrons. The Bertz CT molecular complexity index is 1060. The Morgan fingerprint density at radius 2 is 1.54 bits per heavy atom. The van der Waals surface area contributed by atoms with Gasteiger partial charge in [-0.05, 0) is 24.3 Å². The summed E-state index contributed by atoms with van der Waals surface area (Å²) >= 11 is 0. The van der Waals surface area contributed by atoms with Gasteiger partial charge in [-0.1, -0.05) is 27.7 Å². The van der Waals surface area contributed by atoms with Gasteiger partial charge in [0.2, 0.25) is 0 Å². The van der Waals surface area contributed by atoms with Crippen molar-refractivity contribution >= 4 is 11.3 Å². The molecular weight excluding hydrogens is 326 g/mol. The lowest BCUT2D eigenvalue weighted by molar-refractivity contribution is 0.370. The average Bonchev–Trinajstić information content (AvgIpc) is 3.26. The van der Waals surface area contributed by atoms with E-state index in [4.69, 9.17) is 0 Å². The summed E-state index contributed by atoms with van der Waals surface area (Å²) in [5.41, 5.74) is 3.73. The molecule has 0 saturated heterocycles. The van der Waals surface area contributed by atoms with Crippen LogP contribution in [0.25, 0.3) is 11.3 Å². The van der Waals surface area contributed by atoms with Gasteiger partial charge in [0.25, 0.3) is 0 Å². The van der Waals surface area contributed by atoms with Crippen molar-refractivity contribution in [2.45, 2.75) is 51.4 Å². The highest BCUT2D eigenvalue weighted by molar-refractivity contribution is 5.50. The van der Waals surface area contributed by atoms with Gasteiger partial charge in [-0.25, -0.2) is 24.0 Å². The second-order valence-electron chi connectivity index (χ2n) is 8.02. The molecule has 7 nitrogen and oxygen atoms in total. The minimum Gasteiger partial charge on any atom is -0.237 e. The number of imidazole rings is 1. The number of nitrogens with zero attached hydrogens (tertiary/aromatic N) is 7. The zero-order chi connectivity index (χ0) is 18.4. The molecule has 0 aromatic carbocycles. The highest BCUT2D eigenvalue weighted by atomic mass is 15.3. The smallest absolute Gasteiger partial charge is 0.175 e. The van der Waals surface area contributed by atoms with Crippen LogP contribution in [-0.4, -0.2) is 34.2 Å². The fourth-order valence-electron chi connectivity index (χ4n) is 3.42. The van der Waals surface area contributed by atoms with E-state index in [-0.39, 0.29) is 10.8 Å². The molecule has 0 aliphatic rings. The minimum atomic E-state index is -0.122. The molecule has 0 amide bonds. The summed E-state index contributed by atoms with van der Waals surface area (Å²) in [5.74, 6) is 0. The van der Waals surface area contributed by atoms with Crippen LogP contribution in [0.15, 0.2) is 43.4 Å². The van der Waals surface area contributed by atoms with Crippen molar-refractivity contribution in [3.05, 3.63) is 54.6 Å². The molecule has 4 rings (SSSR count). The number of fused-ring (bicyclic) bond motifs is 2. The normalized spacial score (nSPS) is 12.9. The Morgan fingerprint density at radius 1 is 0.808 bits per heavy atom. The zero-order valence-electron chi connectivity index (χ0n) is 15.6. The van der Waals surface area contributed by atoms with Crippen LogP contribution in [0.3, 0.4) is 0 Å². The predicted octanol–water partition coefficient (Wildman–Crippen LogP) is 3.20.